The number of anilines is 2. The fourth-order valence-electron chi connectivity index (χ4n) is 1.60. The summed E-state index contributed by atoms with van der Waals surface area (Å²) in [5.41, 5.74) is -0.402. The predicted molar refractivity (Wildman–Crippen MR) is 73.3 cm³/mol. The maximum Gasteiger partial charge on any atom is 0.339 e. The maximum absolute atomic E-state index is 14.0. The molecule has 2 rings (SSSR count). The lowest BCUT2D eigenvalue weighted by Gasteiger charge is -2.12. The molecule has 4 nitrogen and oxygen atoms in total. The van der Waals surface area contributed by atoms with E-state index in [1.807, 2.05) is 0 Å². The predicted octanol–water partition coefficient (Wildman–Crippen LogP) is 3.87. The maximum atomic E-state index is 14.0. The van der Waals surface area contributed by atoms with E-state index >= 15 is 0 Å². The van der Waals surface area contributed by atoms with Crippen LogP contribution in [0.25, 0.3) is 0 Å². The first kappa shape index (κ1) is 14.4. The number of nitrogens with zero attached hydrogens (tertiary/aromatic N) is 1. The third-order valence-electron chi connectivity index (χ3n) is 2.68. The molecule has 104 valence electrons. The van der Waals surface area contributed by atoms with E-state index in [9.17, 15) is 13.6 Å². The third kappa shape index (κ3) is 2.62. The highest BCUT2D eigenvalue weighted by molar-refractivity contribution is 9.10. The van der Waals surface area contributed by atoms with E-state index in [2.05, 4.69) is 26.2 Å². The Morgan fingerprint density at radius 1 is 1.45 bits per heavy atom. The van der Waals surface area contributed by atoms with E-state index in [1.165, 1.54) is 25.3 Å². The van der Waals surface area contributed by atoms with Crippen LogP contribution in [0.3, 0.4) is 0 Å². The standard InChI is InChI=1S/C13H9BrF2N2O2/c1-6-8(14)5-9(15)11(10(6)16)18-12-7(13(19)20)3-2-4-17-12/h2-5H,1H3,(H,17,18)(H,19,20). The molecule has 1 aromatic carbocycles. The summed E-state index contributed by atoms with van der Waals surface area (Å²) in [7, 11) is 0. The zero-order valence-electron chi connectivity index (χ0n) is 10.2. The number of carboxylic acid groups (broad SMARTS) is 1. The van der Waals surface area contributed by atoms with Gasteiger partial charge in [-0.2, -0.15) is 0 Å². The summed E-state index contributed by atoms with van der Waals surface area (Å²) in [4.78, 5) is 14.8. The van der Waals surface area contributed by atoms with Gasteiger partial charge in [0.15, 0.2) is 11.6 Å². The zero-order chi connectivity index (χ0) is 14.9. The summed E-state index contributed by atoms with van der Waals surface area (Å²) < 4.78 is 28.1. The van der Waals surface area contributed by atoms with E-state index < -0.39 is 23.3 Å². The number of carbonyl (C=O) groups is 1. The molecular weight excluding hydrogens is 334 g/mol. The van der Waals surface area contributed by atoms with Gasteiger partial charge in [0, 0.05) is 16.2 Å². The molecule has 0 bridgehead atoms. The molecule has 0 amide bonds. The van der Waals surface area contributed by atoms with Crippen molar-refractivity contribution in [3.05, 3.63) is 51.6 Å². The summed E-state index contributed by atoms with van der Waals surface area (Å²) in [5.74, 6) is -3.02. The van der Waals surface area contributed by atoms with Crippen molar-refractivity contribution < 1.29 is 18.7 Å². The Labute approximate surface area is 121 Å². The number of carboxylic acids is 1. The molecule has 0 spiro atoms. The van der Waals surface area contributed by atoms with Crippen molar-refractivity contribution in [2.75, 3.05) is 5.32 Å². The van der Waals surface area contributed by atoms with Crippen LogP contribution in [0.1, 0.15) is 15.9 Å². The van der Waals surface area contributed by atoms with Crippen molar-refractivity contribution in [1.29, 1.82) is 0 Å². The monoisotopic (exact) mass is 342 g/mol. The van der Waals surface area contributed by atoms with Gasteiger partial charge in [-0.25, -0.2) is 18.6 Å². The number of halogens is 3. The number of benzene rings is 1. The fraction of sp³-hybridized carbons (Fsp3) is 0.0769. The highest BCUT2D eigenvalue weighted by Crippen LogP contribution is 2.30. The summed E-state index contributed by atoms with van der Waals surface area (Å²) in [5, 5.41) is 11.4. The van der Waals surface area contributed by atoms with Gasteiger partial charge in [-0.15, -0.1) is 0 Å². The molecule has 0 unspecified atom stereocenters. The van der Waals surface area contributed by atoms with E-state index in [1.54, 1.807) is 0 Å². The van der Waals surface area contributed by atoms with Gasteiger partial charge in [0.2, 0.25) is 0 Å². The van der Waals surface area contributed by atoms with E-state index in [0.717, 1.165) is 6.07 Å². The number of aromatic carboxylic acids is 1. The normalized spacial score (nSPS) is 10.4. The molecule has 0 saturated carbocycles. The molecule has 0 atom stereocenters. The van der Waals surface area contributed by atoms with Gasteiger partial charge in [0.25, 0.3) is 0 Å². The topological polar surface area (TPSA) is 62.2 Å². The Hall–Kier alpha value is -2.02. The van der Waals surface area contributed by atoms with Crippen LogP contribution in [-0.4, -0.2) is 16.1 Å². The zero-order valence-corrected chi connectivity index (χ0v) is 11.8. The first-order chi connectivity index (χ1) is 9.41. The molecule has 1 heterocycles. The minimum Gasteiger partial charge on any atom is -0.478 e. The molecule has 0 aliphatic carbocycles. The van der Waals surface area contributed by atoms with Crippen LogP contribution in [0.4, 0.5) is 20.3 Å². The van der Waals surface area contributed by atoms with Crippen LogP contribution < -0.4 is 5.32 Å². The number of hydrogen-bond acceptors (Lipinski definition) is 3. The lowest BCUT2D eigenvalue weighted by atomic mass is 10.2. The van der Waals surface area contributed by atoms with Crippen molar-refractivity contribution in [3.63, 3.8) is 0 Å². The fourth-order valence-corrected chi connectivity index (χ4v) is 1.97. The van der Waals surface area contributed by atoms with E-state index in [-0.39, 0.29) is 21.4 Å². The molecule has 0 saturated heterocycles. The molecule has 0 aliphatic rings. The largest absolute Gasteiger partial charge is 0.478 e. The molecule has 1 aromatic heterocycles. The summed E-state index contributed by atoms with van der Waals surface area (Å²) in [6.45, 7) is 1.47. The third-order valence-corrected chi connectivity index (χ3v) is 3.50. The Morgan fingerprint density at radius 2 is 2.15 bits per heavy atom. The summed E-state index contributed by atoms with van der Waals surface area (Å²) >= 11 is 3.04. The van der Waals surface area contributed by atoms with Gasteiger partial charge in [0.05, 0.1) is 0 Å². The van der Waals surface area contributed by atoms with Gasteiger partial charge in [-0.05, 0) is 25.1 Å². The van der Waals surface area contributed by atoms with Crippen molar-refractivity contribution in [2.24, 2.45) is 0 Å². The minimum atomic E-state index is -1.24. The smallest absolute Gasteiger partial charge is 0.339 e. The Morgan fingerprint density at radius 3 is 2.80 bits per heavy atom. The van der Waals surface area contributed by atoms with E-state index in [0.29, 0.717) is 0 Å². The van der Waals surface area contributed by atoms with Gasteiger partial charge in [0.1, 0.15) is 17.1 Å². The van der Waals surface area contributed by atoms with Crippen LogP contribution in [0, 0.1) is 18.6 Å². The second-order valence-corrected chi connectivity index (χ2v) is 4.84. The highest BCUT2D eigenvalue weighted by atomic mass is 79.9. The molecule has 0 radical (unpaired) electrons. The molecule has 7 heteroatoms. The number of nitrogens with one attached hydrogen (secondary N) is 1. The molecule has 0 aliphatic heterocycles. The van der Waals surface area contributed by atoms with E-state index in [4.69, 9.17) is 5.11 Å². The average Bonchev–Trinajstić information content (AvgIpc) is 2.41. The van der Waals surface area contributed by atoms with Gasteiger partial charge in [-0.1, -0.05) is 15.9 Å². The molecule has 2 aromatic rings. The van der Waals surface area contributed by atoms with Crippen molar-refractivity contribution in [1.82, 2.24) is 4.98 Å². The van der Waals surface area contributed by atoms with Crippen molar-refractivity contribution in [3.8, 4) is 0 Å². The Bertz CT molecular complexity index is 692. The van der Waals surface area contributed by atoms with Gasteiger partial charge >= 0.3 is 5.97 Å². The van der Waals surface area contributed by atoms with Gasteiger partial charge in [-0.3, -0.25) is 0 Å². The van der Waals surface area contributed by atoms with Crippen LogP contribution in [0.15, 0.2) is 28.9 Å². The van der Waals surface area contributed by atoms with Crippen molar-refractivity contribution in [2.45, 2.75) is 6.92 Å². The highest BCUT2D eigenvalue weighted by Gasteiger charge is 2.18. The first-order valence-corrected chi connectivity index (χ1v) is 6.30. The minimum absolute atomic E-state index is 0.125. The SMILES string of the molecule is Cc1c(Br)cc(F)c(Nc2ncccc2C(=O)O)c1F. The van der Waals surface area contributed by atoms with Crippen LogP contribution in [0.2, 0.25) is 0 Å². The number of aromatic nitrogens is 1. The average molecular weight is 343 g/mol. The van der Waals surface area contributed by atoms with Crippen LogP contribution in [0.5, 0.6) is 0 Å². The molecule has 20 heavy (non-hydrogen) atoms. The lowest BCUT2D eigenvalue weighted by molar-refractivity contribution is 0.0697. The van der Waals surface area contributed by atoms with Crippen LogP contribution >= 0.6 is 15.9 Å². The van der Waals surface area contributed by atoms with Crippen molar-refractivity contribution >= 4 is 33.4 Å². The lowest BCUT2D eigenvalue weighted by Crippen LogP contribution is -2.07. The number of pyridine rings is 1. The Kier molecular flexibility index (Phi) is 3.99. The van der Waals surface area contributed by atoms with Crippen LogP contribution in [-0.2, 0) is 0 Å². The number of rotatable bonds is 3. The summed E-state index contributed by atoms with van der Waals surface area (Å²) in [6, 6.07) is 3.82. The molecule has 2 N–H and O–H groups in total. The number of hydrogen-bond donors (Lipinski definition) is 2. The Balaban J connectivity index is 2.51. The quantitative estimate of drug-likeness (QED) is 0.888. The molecular formula is C13H9BrF2N2O2. The second-order valence-electron chi connectivity index (χ2n) is 3.98. The molecule has 0 fully saturated rings. The second kappa shape index (κ2) is 5.54. The van der Waals surface area contributed by atoms with Gasteiger partial charge < -0.3 is 10.4 Å². The summed E-state index contributed by atoms with van der Waals surface area (Å²) in [6.07, 6.45) is 1.33. The first-order valence-electron chi connectivity index (χ1n) is 5.51.